The van der Waals surface area contributed by atoms with Gasteiger partial charge in [-0.2, -0.15) is 0 Å². The fourth-order valence-corrected chi connectivity index (χ4v) is 5.68. The normalized spacial score (nSPS) is 18.5. The highest BCUT2D eigenvalue weighted by atomic mass is 32.2. The van der Waals surface area contributed by atoms with Crippen molar-refractivity contribution < 1.29 is 22.7 Å². The van der Waals surface area contributed by atoms with E-state index in [1.165, 1.54) is 56.4 Å². The van der Waals surface area contributed by atoms with Gasteiger partial charge in [0, 0.05) is 32.2 Å². The predicted molar refractivity (Wildman–Crippen MR) is 121 cm³/mol. The van der Waals surface area contributed by atoms with Gasteiger partial charge >= 0.3 is 5.97 Å². The Morgan fingerprint density at radius 2 is 1.62 bits per heavy atom. The Kier molecular flexibility index (Phi) is 6.66. The number of anilines is 2. The molecule has 9 heteroatoms. The van der Waals surface area contributed by atoms with E-state index in [-0.39, 0.29) is 16.1 Å². The molecule has 2 aromatic rings. The molecule has 2 aliphatic rings. The molecule has 2 N–H and O–H groups in total. The van der Waals surface area contributed by atoms with Crippen LogP contribution in [0.15, 0.2) is 47.4 Å². The van der Waals surface area contributed by atoms with Crippen LogP contribution in [0, 0.1) is 5.82 Å². The van der Waals surface area contributed by atoms with Crippen molar-refractivity contribution in [2.75, 3.05) is 35.8 Å². The molecule has 0 aromatic heterocycles. The maximum absolute atomic E-state index is 13.2. The van der Waals surface area contributed by atoms with Gasteiger partial charge in [0.15, 0.2) is 0 Å². The van der Waals surface area contributed by atoms with Gasteiger partial charge in [-0.15, -0.1) is 0 Å². The van der Waals surface area contributed by atoms with E-state index in [2.05, 4.69) is 14.5 Å². The average molecular weight is 462 g/mol. The Hall–Kier alpha value is -2.65. The van der Waals surface area contributed by atoms with Crippen LogP contribution in [-0.2, 0) is 10.0 Å². The summed E-state index contributed by atoms with van der Waals surface area (Å²) >= 11 is 0. The maximum atomic E-state index is 13.2. The monoisotopic (exact) mass is 461 g/mol. The van der Waals surface area contributed by atoms with Gasteiger partial charge in [0.1, 0.15) is 5.82 Å². The van der Waals surface area contributed by atoms with Crippen LogP contribution >= 0.6 is 0 Å². The summed E-state index contributed by atoms with van der Waals surface area (Å²) in [4.78, 5) is 16.0. The molecule has 32 heavy (non-hydrogen) atoms. The van der Waals surface area contributed by atoms with Crippen LogP contribution < -0.4 is 9.62 Å². The van der Waals surface area contributed by atoms with Gasteiger partial charge in [-0.25, -0.2) is 17.6 Å². The van der Waals surface area contributed by atoms with Crippen molar-refractivity contribution in [1.29, 1.82) is 0 Å². The highest BCUT2D eigenvalue weighted by Crippen LogP contribution is 2.32. The number of nitrogens with one attached hydrogen (secondary N) is 1. The molecular weight excluding hydrogens is 433 g/mol. The average Bonchev–Trinajstić information content (AvgIpc) is 2.80. The van der Waals surface area contributed by atoms with E-state index in [1.54, 1.807) is 6.07 Å². The van der Waals surface area contributed by atoms with E-state index in [9.17, 15) is 22.7 Å². The Labute approximate surface area is 187 Å². The molecule has 4 rings (SSSR count). The highest BCUT2D eigenvalue weighted by Gasteiger charge is 2.27. The number of rotatable bonds is 6. The standard InChI is InChI=1S/C23H28FN3O4S/c24-18-7-9-20(10-8-18)32(30,31)25-21-16-17(23(28)29)6-11-22(21)27-14-12-26(13-15-27)19-4-2-1-3-5-19/h6-11,16,19,25H,1-5,12-15H2,(H,28,29). The first-order valence-corrected chi connectivity index (χ1v) is 12.5. The molecule has 1 saturated carbocycles. The molecule has 2 aromatic carbocycles. The summed E-state index contributed by atoms with van der Waals surface area (Å²) in [5, 5.41) is 9.40. The fourth-order valence-electron chi connectivity index (χ4n) is 4.62. The summed E-state index contributed by atoms with van der Waals surface area (Å²) in [6, 6.07) is 9.62. The molecule has 1 saturated heterocycles. The zero-order valence-electron chi connectivity index (χ0n) is 17.8. The van der Waals surface area contributed by atoms with E-state index < -0.39 is 21.8 Å². The molecular formula is C23H28FN3O4S. The first-order valence-electron chi connectivity index (χ1n) is 11.0. The van der Waals surface area contributed by atoms with Gasteiger partial charge in [-0.1, -0.05) is 19.3 Å². The minimum Gasteiger partial charge on any atom is -0.478 e. The third kappa shape index (κ3) is 5.05. The zero-order valence-corrected chi connectivity index (χ0v) is 18.7. The minimum atomic E-state index is -4.01. The maximum Gasteiger partial charge on any atom is 0.335 e. The number of hydrogen-bond acceptors (Lipinski definition) is 5. The number of hydrogen-bond donors (Lipinski definition) is 2. The van der Waals surface area contributed by atoms with Crippen molar-refractivity contribution >= 4 is 27.4 Å². The van der Waals surface area contributed by atoms with E-state index in [0.29, 0.717) is 11.7 Å². The van der Waals surface area contributed by atoms with Gasteiger partial charge < -0.3 is 10.0 Å². The number of aromatic carboxylic acids is 1. The van der Waals surface area contributed by atoms with Crippen LogP contribution in [0.25, 0.3) is 0 Å². The lowest BCUT2D eigenvalue weighted by Crippen LogP contribution is -2.51. The molecule has 2 fully saturated rings. The molecule has 0 bridgehead atoms. The second-order valence-corrected chi connectivity index (χ2v) is 10.1. The van der Waals surface area contributed by atoms with Gasteiger partial charge in [0.2, 0.25) is 0 Å². The van der Waals surface area contributed by atoms with Gasteiger partial charge in [0.05, 0.1) is 21.8 Å². The van der Waals surface area contributed by atoms with Crippen LogP contribution in [0.4, 0.5) is 15.8 Å². The first-order chi connectivity index (χ1) is 15.3. The second kappa shape index (κ2) is 9.46. The molecule has 1 aliphatic heterocycles. The molecule has 1 aliphatic carbocycles. The van der Waals surface area contributed by atoms with Crippen LogP contribution in [0.2, 0.25) is 0 Å². The summed E-state index contributed by atoms with van der Waals surface area (Å²) in [6.07, 6.45) is 6.32. The van der Waals surface area contributed by atoms with Crippen LogP contribution in [-0.4, -0.2) is 56.6 Å². The summed E-state index contributed by atoms with van der Waals surface area (Å²) in [7, 11) is -4.01. The van der Waals surface area contributed by atoms with Crippen molar-refractivity contribution in [3.05, 3.63) is 53.8 Å². The molecule has 0 atom stereocenters. The van der Waals surface area contributed by atoms with E-state index in [0.717, 1.165) is 38.3 Å². The SMILES string of the molecule is O=C(O)c1ccc(N2CCN(C3CCCCC3)CC2)c(NS(=O)(=O)c2ccc(F)cc2)c1. The molecule has 0 amide bonds. The second-order valence-electron chi connectivity index (χ2n) is 8.41. The number of carbonyl (C=O) groups is 1. The molecule has 0 spiro atoms. The molecule has 7 nitrogen and oxygen atoms in total. The smallest absolute Gasteiger partial charge is 0.335 e. The molecule has 0 radical (unpaired) electrons. The van der Waals surface area contributed by atoms with Gasteiger partial charge in [0.25, 0.3) is 10.0 Å². The lowest BCUT2D eigenvalue weighted by molar-refractivity contribution is 0.0697. The lowest BCUT2D eigenvalue weighted by Gasteiger charge is -2.42. The Morgan fingerprint density at radius 1 is 0.969 bits per heavy atom. The number of carboxylic acids is 1. The molecule has 1 heterocycles. The number of halogens is 1. The highest BCUT2D eigenvalue weighted by molar-refractivity contribution is 7.92. The van der Waals surface area contributed by atoms with Crippen molar-refractivity contribution in [2.24, 2.45) is 0 Å². The third-order valence-corrected chi connectivity index (χ3v) is 7.74. The van der Waals surface area contributed by atoms with Crippen molar-refractivity contribution in [1.82, 2.24) is 4.90 Å². The lowest BCUT2D eigenvalue weighted by atomic mass is 9.94. The van der Waals surface area contributed by atoms with Crippen LogP contribution in [0.3, 0.4) is 0 Å². The Bertz CT molecular complexity index is 1060. The quantitative estimate of drug-likeness (QED) is 0.681. The Morgan fingerprint density at radius 3 is 2.25 bits per heavy atom. The van der Waals surface area contributed by atoms with Crippen molar-refractivity contribution in [3.63, 3.8) is 0 Å². The van der Waals surface area contributed by atoms with Crippen molar-refractivity contribution in [2.45, 2.75) is 43.0 Å². The Balaban J connectivity index is 1.56. The predicted octanol–water partition coefficient (Wildman–Crippen LogP) is 3.78. The summed E-state index contributed by atoms with van der Waals surface area (Å²) in [5.74, 6) is -1.67. The molecule has 172 valence electrons. The number of benzene rings is 2. The van der Waals surface area contributed by atoms with Crippen LogP contribution in [0.1, 0.15) is 42.5 Å². The number of sulfonamides is 1. The number of nitrogens with zero attached hydrogens (tertiary/aromatic N) is 2. The van der Waals surface area contributed by atoms with E-state index in [1.807, 2.05) is 0 Å². The minimum absolute atomic E-state index is 0.00797. The summed E-state index contributed by atoms with van der Waals surface area (Å²) < 4.78 is 41.5. The van der Waals surface area contributed by atoms with E-state index >= 15 is 0 Å². The summed E-state index contributed by atoms with van der Waals surface area (Å²) in [5.41, 5.74) is 0.843. The molecule has 0 unspecified atom stereocenters. The first kappa shape index (κ1) is 22.5. The zero-order chi connectivity index (χ0) is 22.7. The number of piperazine rings is 1. The van der Waals surface area contributed by atoms with Crippen molar-refractivity contribution in [3.8, 4) is 0 Å². The van der Waals surface area contributed by atoms with Gasteiger partial charge in [-0.05, 0) is 55.3 Å². The largest absolute Gasteiger partial charge is 0.478 e. The van der Waals surface area contributed by atoms with Gasteiger partial charge in [-0.3, -0.25) is 9.62 Å². The van der Waals surface area contributed by atoms with Crippen LogP contribution in [0.5, 0.6) is 0 Å². The topological polar surface area (TPSA) is 89.9 Å². The fraction of sp³-hybridized carbons (Fsp3) is 0.435. The third-order valence-electron chi connectivity index (χ3n) is 6.36. The van der Waals surface area contributed by atoms with E-state index in [4.69, 9.17) is 0 Å². The summed E-state index contributed by atoms with van der Waals surface area (Å²) in [6.45, 7) is 3.23. The number of carboxylic acid groups (broad SMARTS) is 1.